The third kappa shape index (κ3) is 3.74. The fourth-order valence-electron chi connectivity index (χ4n) is 4.51. The highest BCUT2D eigenvalue weighted by molar-refractivity contribution is 8.02. The van der Waals surface area contributed by atoms with Crippen LogP contribution >= 0.6 is 46.3 Å². The summed E-state index contributed by atoms with van der Waals surface area (Å²) in [5.74, 6) is -0.0366. The van der Waals surface area contributed by atoms with E-state index < -0.39 is 4.87 Å². The van der Waals surface area contributed by atoms with Crippen molar-refractivity contribution in [3.05, 3.63) is 98.3 Å². The SMILES string of the molecule is O=C1CSC2(C(=O)Nc3ccccc32)N1c1ccc(-c2csc(Cc3ccc(Cl)c(Cl)c3)n2)cc1. The van der Waals surface area contributed by atoms with Gasteiger partial charge in [0.15, 0.2) is 0 Å². The standard InChI is InChI=1S/C26H17Cl2N3O2S2/c27-19-10-5-15(11-20(19)28)12-23-29-22(13-34-23)16-6-8-17(9-7-16)31-24(32)14-35-26(31)18-3-1-2-4-21(18)30-25(26)33/h1-11,13H,12,14H2,(H,30,33). The van der Waals surface area contributed by atoms with Gasteiger partial charge in [0.1, 0.15) is 0 Å². The molecule has 1 spiro atoms. The van der Waals surface area contributed by atoms with Gasteiger partial charge < -0.3 is 5.32 Å². The molecule has 9 heteroatoms. The van der Waals surface area contributed by atoms with Gasteiger partial charge in [-0.05, 0) is 35.9 Å². The Bertz CT molecular complexity index is 1490. The average Bonchev–Trinajstić information content (AvgIpc) is 3.54. The number of thioether (sulfide) groups is 1. The number of carbonyl (C=O) groups is 2. The number of rotatable bonds is 4. The van der Waals surface area contributed by atoms with Crippen LogP contribution in [-0.4, -0.2) is 22.6 Å². The second kappa shape index (κ2) is 8.68. The molecule has 3 aromatic carbocycles. The lowest BCUT2D eigenvalue weighted by Crippen LogP contribution is -2.47. The first kappa shape index (κ1) is 22.6. The Morgan fingerprint density at radius 3 is 2.60 bits per heavy atom. The number of benzene rings is 3. The zero-order valence-electron chi connectivity index (χ0n) is 18.1. The lowest BCUT2D eigenvalue weighted by atomic mass is 10.0. The largest absolute Gasteiger partial charge is 0.323 e. The quantitative estimate of drug-likeness (QED) is 0.318. The van der Waals surface area contributed by atoms with Crippen LogP contribution in [0.25, 0.3) is 11.3 Å². The molecule has 2 aliphatic heterocycles. The van der Waals surface area contributed by atoms with Gasteiger partial charge in [-0.25, -0.2) is 4.98 Å². The van der Waals surface area contributed by atoms with Gasteiger partial charge in [-0.2, -0.15) is 0 Å². The Hall–Kier alpha value is -2.84. The van der Waals surface area contributed by atoms with Crippen molar-refractivity contribution < 1.29 is 9.59 Å². The van der Waals surface area contributed by atoms with Crippen LogP contribution < -0.4 is 10.2 Å². The molecule has 0 radical (unpaired) electrons. The van der Waals surface area contributed by atoms with Crippen LogP contribution in [0.15, 0.2) is 72.1 Å². The molecule has 1 unspecified atom stereocenters. The summed E-state index contributed by atoms with van der Waals surface area (Å²) in [5, 5.41) is 6.98. The molecular weight excluding hydrogens is 521 g/mol. The first-order valence-corrected chi connectivity index (χ1v) is 13.4. The second-order valence-electron chi connectivity index (χ2n) is 8.26. The number of nitrogens with one attached hydrogen (secondary N) is 1. The van der Waals surface area contributed by atoms with Gasteiger partial charge in [0.25, 0.3) is 5.91 Å². The van der Waals surface area contributed by atoms with Crippen LogP contribution in [0.4, 0.5) is 11.4 Å². The fourth-order valence-corrected chi connectivity index (χ4v) is 6.98. The van der Waals surface area contributed by atoms with Crippen LogP contribution in [0.5, 0.6) is 0 Å². The van der Waals surface area contributed by atoms with Gasteiger partial charge in [-0.15, -0.1) is 23.1 Å². The van der Waals surface area contributed by atoms with E-state index in [0.717, 1.165) is 33.1 Å². The summed E-state index contributed by atoms with van der Waals surface area (Å²) in [4.78, 5) is 31.4. The molecule has 2 aliphatic rings. The molecule has 1 atom stereocenters. The van der Waals surface area contributed by atoms with Crippen LogP contribution in [0.1, 0.15) is 16.1 Å². The third-order valence-corrected chi connectivity index (χ3v) is 9.11. The number of fused-ring (bicyclic) bond motifs is 2. The molecule has 3 heterocycles. The van der Waals surface area contributed by atoms with Crippen molar-refractivity contribution in [2.24, 2.45) is 0 Å². The Morgan fingerprint density at radius 1 is 1.00 bits per heavy atom. The summed E-state index contributed by atoms with van der Waals surface area (Å²) < 4.78 is 0. The highest BCUT2D eigenvalue weighted by Gasteiger charge is 2.58. The lowest BCUT2D eigenvalue weighted by Gasteiger charge is -2.32. The number of nitrogens with zero attached hydrogens (tertiary/aromatic N) is 2. The molecule has 1 fully saturated rings. The third-order valence-electron chi connectivity index (χ3n) is 6.13. The number of hydrogen-bond acceptors (Lipinski definition) is 5. The highest BCUT2D eigenvalue weighted by atomic mass is 35.5. The number of carbonyl (C=O) groups excluding carboxylic acids is 2. The second-order valence-corrected chi connectivity index (χ2v) is 11.2. The Balaban J connectivity index is 1.28. The average molecular weight is 538 g/mol. The van der Waals surface area contributed by atoms with E-state index in [1.807, 2.05) is 66.0 Å². The zero-order valence-corrected chi connectivity index (χ0v) is 21.3. The molecule has 0 saturated carbocycles. The number of hydrogen-bond donors (Lipinski definition) is 1. The fraction of sp³-hybridized carbons (Fsp3) is 0.115. The molecule has 1 saturated heterocycles. The Labute approximate surface area is 220 Å². The number of halogens is 2. The topological polar surface area (TPSA) is 62.3 Å². The number of thiazole rings is 1. The van der Waals surface area contributed by atoms with Gasteiger partial charge in [0, 0.05) is 34.3 Å². The zero-order chi connectivity index (χ0) is 24.2. The van der Waals surface area contributed by atoms with Crippen molar-refractivity contribution >= 4 is 69.5 Å². The molecule has 5 nitrogen and oxygen atoms in total. The molecule has 1 N–H and O–H groups in total. The molecule has 4 aromatic rings. The Morgan fingerprint density at radius 2 is 1.80 bits per heavy atom. The van der Waals surface area contributed by atoms with E-state index in [9.17, 15) is 9.59 Å². The predicted octanol–water partition coefficient (Wildman–Crippen LogP) is 6.59. The van der Waals surface area contributed by atoms with Gasteiger partial charge in [0.05, 0.1) is 26.5 Å². The van der Waals surface area contributed by atoms with Gasteiger partial charge in [-0.1, -0.05) is 59.6 Å². The number of aromatic nitrogens is 1. The minimum absolute atomic E-state index is 0.0906. The van der Waals surface area contributed by atoms with Gasteiger partial charge in [0.2, 0.25) is 10.8 Å². The van der Waals surface area contributed by atoms with E-state index in [1.54, 1.807) is 22.3 Å². The molecular formula is C26H17Cl2N3O2S2. The molecule has 0 aliphatic carbocycles. The predicted molar refractivity (Wildman–Crippen MR) is 144 cm³/mol. The molecule has 1 aromatic heterocycles. The normalized spacial score (nSPS) is 18.9. The highest BCUT2D eigenvalue weighted by Crippen LogP contribution is 2.53. The smallest absolute Gasteiger partial charge is 0.266 e. The first-order chi connectivity index (χ1) is 17.0. The van der Waals surface area contributed by atoms with Crippen molar-refractivity contribution in [1.82, 2.24) is 4.98 Å². The number of anilines is 2. The van der Waals surface area contributed by atoms with Gasteiger partial charge >= 0.3 is 0 Å². The summed E-state index contributed by atoms with van der Waals surface area (Å²) in [5.41, 5.74) is 5.09. The van der Waals surface area contributed by atoms with Crippen LogP contribution in [-0.2, 0) is 20.9 Å². The molecule has 6 rings (SSSR count). The van der Waals surface area contributed by atoms with Crippen LogP contribution in [0.2, 0.25) is 10.0 Å². The van der Waals surface area contributed by atoms with E-state index in [4.69, 9.17) is 28.2 Å². The lowest BCUT2D eigenvalue weighted by molar-refractivity contribution is -0.122. The van der Waals surface area contributed by atoms with Crippen molar-refractivity contribution in [3.63, 3.8) is 0 Å². The van der Waals surface area contributed by atoms with Crippen molar-refractivity contribution in [2.75, 3.05) is 16.0 Å². The maximum absolute atomic E-state index is 13.1. The van der Waals surface area contributed by atoms with E-state index >= 15 is 0 Å². The molecule has 0 bridgehead atoms. The monoisotopic (exact) mass is 537 g/mol. The van der Waals surface area contributed by atoms with E-state index in [0.29, 0.717) is 22.2 Å². The molecule has 35 heavy (non-hydrogen) atoms. The summed E-state index contributed by atoms with van der Waals surface area (Å²) in [6.45, 7) is 0. The maximum atomic E-state index is 13.1. The van der Waals surface area contributed by atoms with E-state index in [1.165, 1.54) is 11.8 Å². The summed E-state index contributed by atoms with van der Waals surface area (Å²) in [6.07, 6.45) is 0.663. The van der Waals surface area contributed by atoms with Crippen molar-refractivity contribution in [2.45, 2.75) is 11.3 Å². The molecule has 174 valence electrons. The van der Waals surface area contributed by atoms with E-state index in [-0.39, 0.29) is 17.6 Å². The minimum Gasteiger partial charge on any atom is -0.323 e. The van der Waals surface area contributed by atoms with Crippen molar-refractivity contribution in [3.8, 4) is 11.3 Å². The van der Waals surface area contributed by atoms with Crippen LogP contribution in [0, 0.1) is 0 Å². The summed E-state index contributed by atoms with van der Waals surface area (Å²) in [6, 6.07) is 20.8. The number of amides is 2. The minimum atomic E-state index is -1.08. The number of para-hydroxylation sites is 1. The Kier molecular flexibility index (Phi) is 5.60. The van der Waals surface area contributed by atoms with Crippen LogP contribution in [0.3, 0.4) is 0 Å². The summed E-state index contributed by atoms with van der Waals surface area (Å²) in [7, 11) is 0. The summed E-state index contributed by atoms with van der Waals surface area (Å²) >= 11 is 15.1. The van der Waals surface area contributed by atoms with Gasteiger partial charge in [-0.3, -0.25) is 14.5 Å². The molecule has 2 amide bonds. The van der Waals surface area contributed by atoms with Crippen molar-refractivity contribution in [1.29, 1.82) is 0 Å². The first-order valence-electron chi connectivity index (χ1n) is 10.8. The van der Waals surface area contributed by atoms with E-state index in [2.05, 4.69) is 5.32 Å². The maximum Gasteiger partial charge on any atom is 0.266 e.